The van der Waals surface area contributed by atoms with Crippen molar-refractivity contribution in [3.05, 3.63) is 59.3 Å². The lowest BCUT2D eigenvalue weighted by Crippen LogP contribution is -2.24. The Morgan fingerprint density at radius 3 is 2.93 bits per heavy atom. The number of benzene rings is 1. The van der Waals surface area contributed by atoms with Gasteiger partial charge in [0, 0.05) is 11.4 Å². The summed E-state index contributed by atoms with van der Waals surface area (Å²) in [5.41, 5.74) is 0.850. The molecule has 0 saturated heterocycles. The van der Waals surface area contributed by atoms with Crippen LogP contribution >= 0.6 is 23.1 Å². The Bertz CT molecular complexity index is 906. The smallest absolute Gasteiger partial charge is 0.230 e. The Balaban J connectivity index is 1.71. The maximum absolute atomic E-state index is 12.1. The fourth-order valence-electron chi connectivity index (χ4n) is 2.50. The maximum atomic E-state index is 12.1. The van der Waals surface area contributed by atoms with Crippen LogP contribution < -0.4 is 10.1 Å². The van der Waals surface area contributed by atoms with Gasteiger partial charge in [0.1, 0.15) is 5.75 Å². The van der Waals surface area contributed by atoms with Crippen molar-refractivity contribution in [2.45, 2.75) is 18.2 Å². The van der Waals surface area contributed by atoms with E-state index >= 15 is 0 Å². The van der Waals surface area contributed by atoms with Crippen LogP contribution in [0.4, 0.5) is 0 Å². The first-order valence-electron chi connectivity index (χ1n) is 8.32. The number of aromatic nitrogens is 3. The third-order valence-corrected chi connectivity index (χ3v) is 5.59. The van der Waals surface area contributed by atoms with Crippen LogP contribution in [0.5, 0.6) is 5.75 Å². The highest BCUT2D eigenvalue weighted by Crippen LogP contribution is 2.30. The topological polar surface area (TPSA) is 69.0 Å². The number of thiophene rings is 1. The molecule has 27 heavy (non-hydrogen) atoms. The van der Waals surface area contributed by atoms with Crippen LogP contribution in [-0.4, -0.2) is 33.5 Å². The van der Waals surface area contributed by atoms with Crippen molar-refractivity contribution < 1.29 is 9.53 Å². The highest BCUT2D eigenvalue weighted by molar-refractivity contribution is 7.99. The Morgan fingerprint density at radius 2 is 2.19 bits per heavy atom. The molecule has 0 spiro atoms. The standard InChI is InChI=1S/C19H20N4O2S2/c1-3-10-23-18(15-8-4-5-9-16(15)25-2)21-22-19(23)27-13-17(24)20-12-14-7-6-11-26-14/h3-9,11H,1,10,12-13H2,2H3,(H,20,24). The van der Waals surface area contributed by atoms with Gasteiger partial charge >= 0.3 is 0 Å². The zero-order valence-electron chi connectivity index (χ0n) is 14.9. The van der Waals surface area contributed by atoms with Crippen LogP contribution in [-0.2, 0) is 17.9 Å². The Labute approximate surface area is 166 Å². The first-order chi connectivity index (χ1) is 13.2. The van der Waals surface area contributed by atoms with Crippen LogP contribution in [0.3, 0.4) is 0 Å². The van der Waals surface area contributed by atoms with Gasteiger partial charge in [0.05, 0.1) is 25.0 Å². The second-order valence-electron chi connectivity index (χ2n) is 5.55. The number of hydrogen-bond donors (Lipinski definition) is 1. The minimum absolute atomic E-state index is 0.0413. The summed E-state index contributed by atoms with van der Waals surface area (Å²) in [4.78, 5) is 13.3. The summed E-state index contributed by atoms with van der Waals surface area (Å²) in [6, 6.07) is 11.6. The maximum Gasteiger partial charge on any atom is 0.230 e. The number of amides is 1. The molecular formula is C19H20N4O2S2. The van der Waals surface area contributed by atoms with Gasteiger partial charge in [0.25, 0.3) is 0 Å². The SMILES string of the molecule is C=CCn1c(SCC(=O)NCc2cccs2)nnc1-c1ccccc1OC. The summed E-state index contributed by atoms with van der Waals surface area (Å²) in [6.45, 7) is 4.90. The lowest BCUT2D eigenvalue weighted by molar-refractivity contribution is -0.118. The number of hydrogen-bond acceptors (Lipinski definition) is 6. The van der Waals surface area contributed by atoms with E-state index in [1.54, 1.807) is 24.5 Å². The average Bonchev–Trinajstić information content (AvgIpc) is 3.35. The van der Waals surface area contributed by atoms with Crippen LogP contribution in [0, 0.1) is 0 Å². The first-order valence-corrected chi connectivity index (χ1v) is 10.2. The van der Waals surface area contributed by atoms with Crippen molar-refractivity contribution in [1.82, 2.24) is 20.1 Å². The van der Waals surface area contributed by atoms with Gasteiger partial charge in [-0.1, -0.05) is 36.0 Å². The monoisotopic (exact) mass is 400 g/mol. The van der Waals surface area contributed by atoms with Gasteiger partial charge in [-0.15, -0.1) is 28.1 Å². The number of thioether (sulfide) groups is 1. The summed E-state index contributed by atoms with van der Waals surface area (Å²) < 4.78 is 7.36. The van der Waals surface area contributed by atoms with Crippen molar-refractivity contribution in [2.75, 3.05) is 12.9 Å². The van der Waals surface area contributed by atoms with Gasteiger partial charge in [0.15, 0.2) is 11.0 Å². The summed E-state index contributed by atoms with van der Waals surface area (Å²) >= 11 is 2.98. The average molecular weight is 401 g/mol. The van der Waals surface area contributed by atoms with Crippen LogP contribution in [0.25, 0.3) is 11.4 Å². The van der Waals surface area contributed by atoms with Gasteiger partial charge in [-0.05, 0) is 23.6 Å². The molecule has 0 aliphatic heterocycles. The molecule has 0 radical (unpaired) electrons. The number of carbonyl (C=O) groups excluding carboxylic acids is 1. The molecular weight excluding hydrogens is 380 g/mol. The van der Waals surface area contributed by atoms with Crippen LogP contribution in [0.15, 0.2) is 59.6 Å². The van der Waals surface area contributed by atoms with Crippen molar-refractivity contribution in [2.24, 2.45) is 0 Å². The zero-order chi connectivity index (χ0) is 19.1. The minimum Gasteiger partial charge on any atom is -0.496 e. The van der Waals surface area contributed by atoms with E-state index in [0.717, 1.165) is 16.2 Å². The van der Waals surface area contributed by atoms with E-state index in [2.05, 4.69) is 22.1 Å². The second kappa shape index (κ2) is 9.38. The van der Waals surface area contributed by atoms with Gasteiger partial charge in [-0.25, -0.2) is 0 Å². The molecule has 0 saturated carbocycles. The Hall–Kier alpha value is -2.58. The van der Waals surface area contributed by atoms with Gasteiger partial charge in [0.2, 0.25) is 5.91 Å². The fraction of sp³-hybridized carbons (Fsp3) is 0.211. The number of nitrogens with zero attached hydrogens (tertiary/aromatic N) is 3. The van der Waals surface area contributed by atoms with Crippen LogP contribution in [0.2, 0.25) is 0 Å². The molecule has 3 rings (SSSR count). The van der Waals surface area contributed by atoms with E-state index in [1.807, 2.05) is 46.3 Å². The second-order valence-corrected chi connectivity index (χ2v) is 7.53. The van der Waals surface area contributed by atoms with Gasteiger partial charge < -0.3 is 10.1 Å². The third kappa shape index (κ3) is 4.78. The molecule has 0 unspecified atom stereocenters. The molecule has 0 fully saturated rings. The van der Waals surface area contributed by atoms with E-state index < -0.39 is 0 Å². The van der Waals surface area contributed by atoms with E-state index in [4.69, 9.17) is 4.74 Å². The molecule has 0 atom stereocenters. The summed E-state index contributed by atoms with van der Waals surface area (Å²) in [5.74, 6) is 1.64. The molecule has 140 valence electrons. The number of ether oxygens (including phenoxy) is 1. The van der Waals surface area contributed by atoms with Crippen LogP contribution in [0.1, 0.15) is 4.88 Å². The molecule has 0 bridgehead atoms. The molecule has 1 aromatic carbocycles. The molecule has 1 N–H and O–H groups in total. The Kier molecular flexibility index (Phi) is 6.67. The van der Waals surface area contributed by atoms with E-state index in [-0.39, 0.29) is 11.7 Å². The van der Waals surface area contributed by atoms with Crippen molar-refractivity contribution in [1.29, 1.82) is 0 Å². The normalized spacial score (nSPS) is 10.6. The number of methoxy groups -OCH3 is 1. The quantitative estimate of drug-likeness (QED) is 0.439. The first kappa shape index (κ1) is 19.2. The largest absolute Gasteiger partial charge is 0.496 e. The summed E-state index contributed by atoms with van der Waals surface area (Å²) in [6.07, 6.45) is 1.78. The predicted octanol–water partition coefficient (Wildman–Crippen LogP) is 3.61. The van der Waals surface area contributed by atoms with Crippen molar-refractivity contribution >= 4 is 29.0 Å². The molecule has 2 heterocycles. The molecule has 0 aliphatic rings. The minimum atomic E-state index is -0.0413. The van der Waals surface area contributed by atoms with E-state index in [0.29, 0.717) is 24.1 Å². The number of rotatable bonds is 9. The molecule has 0 aliphatic carbocycles. The summed E-state index contributed by atoms with van der Waals surface area (Å²) in [7, 11) is 1.63. The van der Waals surface area contributed by atoms with E-state index in [1.165, 1.54) is 11.8 Å². The number of allylic oxidation sites excluding steroid dienone is 1. The van der Waals surface area contributed by atoms with Crippen molar-refractivity contribution in [3.63, 3.8) is 0 Å². The number of carbonyl (C=O) groups is 1. The lowest BCUT2D eigenvalue weighted by atomic mass is 10.2. The van der Waals surface area contributed by atoms with Gasteiger partial charge in [-0.2, -0.15) is 0 Å². The molecule has 1 amide bonds. The Morgan fingerprint density at radius 1 is 1.33 bits per heavy atom. The predicted molar refractivity (Wildman–Crippen MR) is 109 cm³/mol. The molecule has 6 nitrogen and oxygen atoms in total. The van der Waals surface area contributed by atoms with E-state index in [9.17, 15) is 4.79 Å². The fourth-order valence-corrected chi connectivity index (χ4v) is 3.92. The number of para-hydroxylation sites is 1. The molecule has 8 heteroatoms. The zero-order valence-corrected chi connectivity index (χ0v) is 16.6. The molecule has 3 aromatic rings. The highest BCUT2D eigenvalue weighted by Gasteiger charge is 2.17. The third-order valence-electron chi connectivity index (χ3n) is 3.75. The number of nitrogens with one attached hydrogen (secondary N) is 1. The molecule has 2 aromatic heterocycles. The highest BCUT2D eigenvalue weighted by atomic mass is 32.2. The van der Waals surface area contributed by atoms with Gasteiger partial charge in [-0.3, -0.25) is 9.36 Å². The van der Waals surface area contributed by atoms with Crippen molar-refractivity contribution in [3.8, 4) is 17.1 Å². The summed E-state index contributed by atoms with van der Waals surface area (Å²) in [5, 5.41) is 14.2. The lowest BCUT2D eigenvalue weighted by Gasteiger charge is -2.10.